The normalized spacial score (nSPS) is 12.7. The molecule has 0 bridgehead atoms. The van der Waals surface area contributed by atoms with Crippen molar-refractivity contribution in [3.8, 4) is 0 Å². The first-order valence-electron chi connectivity index (χ1n) is 6.04. The number of aromatic nitrogens is 1. The predicted molar refractivity (Wildman–Crippen MR) is 82.0 cm³/mol. The van der Waals surface area contributed by atoms with Crippen LogP contribution in [0.2, 0.25) is 5.02 Å². The number of nitrogens with one attached hydrogen (secondary N) is 1. The molecule has 3 aromatic rings. The molecule has 1 atom stereocenters. The van der Waals surface area contributed by atoms with E-state index in [1.54, 1.807) is 11.3 Å². The van der Waals surface area contributed by atoms with Gasteiger partial charge in [0.25, 0.3) is 0 Å². The van der Waals surface area contributed by atoms with Crippen molar-refractivity contribution in [3.05, 3.63) is 64.1 Å². The van der Waals surface area contributed by atoms with Gasteiger partial charge < -0.3 is 5.32 Å². The van der Waals surface area contributed by atoms with Crippen molar-refractivity contribution in [2.75, 3.05) is 7.05 Å². The molecule has 1 N–H and O–H groups in total. The van der Waals surface area contributed by atoms with Gasteiger partial charge in [-0.15, -0.1) is 11.3 Å². The van der Waals surface area contributed by atoms with Crippen LogP contribution in [0.25, 0.3) is 10.2 Å². The van der Waals surface area contributed by atoms with Gasteiger partial charge in [0.2, 0.25) is 0 Å². The van der Waals surface area contributed by atoms with Crippen molar-refractivity contribution in [2.45, 2.75) is 6.04 Å². The number of pyridine rings is 1. The van der Waals surface area contributed by atoms with Crippen LogP contribution in [0.3, 0.4) is 0 Å². The fourth-order valence-electron chi connectivity index (χ4n) is 2.23. The average Bonchev–Trinajstić information content (AvgIpc) is 2.87. The summed E-state index contributed by atoms with van der Waals surface area (Å²) >= 11 is 7.78. The van der Waals surface area contributed by atoms with Gasteiger partial charge in [0, 0.05) is 11.2 Å². The maximum atomic E-state index is 6.07. The van der Waals surface area contributed by atoms with Crippen molar-refractivity contribution in [1.82, 2.24) is 10.3 Å². The summed E-state index contributed by atoms with van der Waals surface area (Å²) in [5.41, 5.74) is 3.35. The minimum absolute atomic E-state index is 0.109. The second-order valence-electron chi connectivity index (χ2n) is 4.35. The summed E-state index contributed by atoms with van der Waals surface area (Å²) in [5.74, 6) is 0. The Morgan fingerprint density at radius 2 is 2.11 bits per heavy atom. The molecule has 4 heteroatoms. The van der Waals surface area contributed by atoms with Gasteiger partial charge in [-0.2, -0.15) is 0 Å². The molecule has 0 aliphatic carbocycles. The van der Waals surface area contributed by atoms with Crippen LogP contribution in [0, 0.1) is 0 Å². The van der Waals surface area contributed by atoms with Crippen molar-refractivity contribution in [2.24, 2.45) is 0 Å². The highest BCUT2D eigenvalue weighted by molar-refractivity contribution is 7.17. The summed E-state index contributed by atoms with van der Waals surface area (Å²) in [7, 11) is 1.95. The van der Waals surface area contributed by atoms with Crippen LogP contribution in [-0.4, -0.2) is 12.0 Å². The van der Waals surface area contributed by atoms with E-state index in [0.29, 0.717) is 0 Å². The van der Waals surface area contributed by atoms with E-state index in [0.717, 1.165) is 21.7 Å². The van der Waals surface area contributed by atoms with E-state index in [1.807, 2.05) is 37.5 Å². The highest BCUT2D eigenvalue weighted by Crippen LogP contribution is 2.27. The second-order valence-corrected chi connectivity index (χ2v) is 5.73. The number of hydrogen-bond acceptors (Lipinski definition) is 3. The van der Waals surface area contributed by atoms with Crippen LogP contribution in [0.1, 0.15) is 17.2 Å². The topological polar surface area (TPSA) is 24.9 Å². The first-order chi connectivity index (χ1) is 9.28. The molecule has 0 spiro atoms. The standard InChI is InChI=1S/C15H13ClN2S/c1-17-15(10-3-2-4-12(16)7-10)11-8-14-13(18-9-11)5-6-19-14/h2-9,15,17H,1H3. The number of hydrogen-bond donors (Lipinski definition) is 1. The van der Waals surface area contributed by atoms with Crippen molar-refractivity contribution in [1.29, 1.82) is 0 Å². The summed E-state index contributed by atoms with van der Waals surface area (Å²) < 4.78 is 1.21. The number of fused-ring (bicyclic) bond motifs is 1. The Morgan fingerprint density at radius 1 is 1.21 bits per heavy atom. The molecule has 3 rings (SSSR count). The Labute approximate surface area is 121 Å². The van der Waals surface area contributed by atoms with Crippen LogP contribution in [-0.2, 0) is 0 Å². The van der Waals surface area contributed by atoms with Gasteiger partial charge in [-0.05, 0) is 47.8 Å². The van der Waals surface area contributed by atoms with E-state index in [2.05, 4.69) is 27.8 Å². The fraction of sp³-hybridized carbons (Fsp3) is 0.133. The molecule has 96 valence electrons. The van der Waals surface area contributed by atoms with Gasteiger partial charge in [-0.25, -0.2) is 0 Å². The number of halogens is 1. The van der Waals surface area contributed by atoms with E-state index in [4.69, 9.17) is 11.6 Å². The first-order valence-corrected chi connectivity index (χ1v) is 7.29. The van der Waals surface area contributed by atoms with Crippen LogP contribution in [0.5, 0.6) is 0 Å². The third kappa shape index (κ3) is 2.50. The average molecular weight is 289 g/mol. The number of thiophene rings is 1. The predicted octanol–water partition coefficient (Wildman–Crippen LogP) is 4.26. The Bertz CT molecular complexity index is 708. The van der Waals surface area contributed by atoms with Gasteiger partial charge in [0.1, 0.15) is 0 Å². The number of benzene rings is 1. The fourth-order valence-corrected chi connectivity index (χ4v) is 3.22. The molecule has 2 aromatic heterocycles. The van der Waals surface area contributed by atoms with E-state index < -0.39 is 0 Å². The smallest absolute Gasteiger partial charge is 0.0809 e. The third-order valence-electron chi connectivity index (χ3n) is 3.13. The molecule has 2 heterocycles. The molecule has 0 aliphatic heterocycles. The molecule has 0 amide bonds. The lowest BCUT2D eigenvalue weighted by Gasteiger charge is -2.17. The maximum Gasteiger partial charge on any atom is 0.0809 e. The lowest BCUT2D eigenvalue weighted by molar-refractivity contribution is 0.690. The first kappa shape index (κ1) is 12.6. The lowest BCUT2D eigenvalue weighted by Crippen LogP contribution is -2.17. The quantitative estimate of drug-likeness (QED) is 0.779. The van der Waals surface area contributed by atoms with Gasteiger partial charge in [-0.3, -0.25) is 4.98 Å². The van der Waals surface area contributed by atoms with Crippen molar-refractivity contribution < 1.29 is 0 Å². The third-order valence-corrected chi connectivity index (χ3v) is 4.22. The van der Waals surface area contributed by atoms with Crippen molar-refractivity contribution in [3.63, 3.8) is 0 Å². The summed E-state index contributed by atoms with van der Waals surface area (Å²) in [6.45, 7) is 0. The number of nitrogens with zero attached hydrogens (tertiary/aromatic N) is 1. The minimum atomic E-state index is 0.109. The second kappa shape index (κ2) is 5.29. The number of rotatable bonds is 3. The molecule has 0 fully saturated rings. The molecular formula is C15H13ClN2S. The van der Waals surface area contributed by atoms with Crippen LogP contribution in [0.4, 0.5) is 0 Å². The zero-order valence-electron chi connectivity index (χ0n) is 10.4. The Hall–Kier alpha value is -1.42. The lowest BCUT2D eigenvalue weighted by atomic mass is 10.0. The van der Waals surface area contributed by atoms with Gasteiger partial charge in [0.15, 0.2) is 0 Å². The van der Waals surface area contributed by atoms with Gasteiger partial charge in [-0.1, -0.05) is 23.7 Å². The Kier molecular flexibility index (Phi) is 3.51. The highest BCUT2D eigenvalue weighted by atomic mass is 35.5. The molecule has 1 aromatic carbocycles. The minimum Gasteiger partial charge on any atom is -0.309 e. The monoisotopic (exact) mass is 288 g/mol. The van der Waals surface area contributed by atoms with Gasteiger partial charge in [0.05, 0.1) is 16.3 Å². The Morgan fingerprint density at radius 3 is 2.89 bits per heavy atom. The summed E-state index contributed by atoms with van der Waals surface area (Å²) in [6.07, 6.45) is 1.93. The van der Waals surface area contributed by atoms with E-state index in [1.165, 1.54) is 4.70 Å². The van der Waals surface area contributed by atoms with Gasteiger partial charge >= 0.3 is 0 Å². The molecule has 0 radical (unpaired) electrons. The zero-order valence-corrected chi connectivity index (χ0v) is 12.0. The molecule has 0 saturated carbocycles. The molecule has 2 nitrogen and oxygen atoms in total. The molecule has 0 saturated heterocycles. The summed E-state index contributed by atoms with van der Waals surface area (Å²) in [6, 6.07) is 12.3. The molecule has 0 aliphatic rings. The maximum absolute atomic E-state index is 6.07. The molecule has 19 heavy (non-hydrogen) atoms. The van der Waals surface area contributed by atoms with E-state index in [-0.39, 0.29) is 6.04 Å². The highest BCUT2D eigenvalue weighted by Gasteiger charge is 2.13. The van der Waals surface area contributed by atoms with Crippen molar-refractivity contribution >= 4 is 33.2 Å². The largest absolute Gasteiger partial charge is 0.309 e. The Balaban J connectivity index is 2.06. The van der Waals surface area contributed by atoms with E-state index in [9.17, 15) is 0 Å². The zero-order chi connectivity index (χ0) is 13.2. The van der Waals surface area contributed by atoms with Crippen LogP contribution in [0.15, 0.2) is 48.0 Å². The SMILES string of the molecule is CNC(c1cccc(Cl)c1)c1cnc2ccsc2c1. The summed E-state index contributed by atoms with van der Waals surface area (Å²) in [4.78, 5) is 4.50. The summed E-state index contributed by atoms with van der Waals surface area (Å²) in [5, 5.41) is 6.14. The molecular weight excluding hydrogens is 276 g/mol. The molecule has 1 unspecified atom stereocenters. The van der Waals surface area contributed by atoms with Crippen LogP contribution >= 0.6 is 22.9 Å². The van der Waals surface area contributed by atoms with E-state index >= 15 is 0 Å². The van der Waals surface area contributed by atoms with Crippen LogP contribution < -0.4 is 5.32 Å².